The minimum absolute atomic E-state index is 0.0915. The second kappa shape index (κ2) is 17.3. The van der Waals surface area contributed by atoms with E-state index in [0.29, 0.717) is 18.0 Å². The highest BCUT2D eigenvalue weighted by molar-refractivity contribution is 7.89. The Bertz CT molecular complexity index is 1420. The molecule has 3 N–H and O–H groups in total. The maximum absolute atomic E-state index is 14.3. The molecule has 4 rings (SSSR count). The number of amides is 3. The molecular formula is C35H52N4O7S. The van der Waals surface area contributed by atoms with Gasteiger partial charge in [-0.05, 0) is 76.3 Å². The molecule has 0 unspecified atom stereocenters. The highest BCUT2D eigenvalue weighted by Gasteiger charge is 2.32. The normalized spacial score (nSPS) is 22.9. The van der Waals surface area contributed by atoms with E-state index in [0.717, 1.165) is 44.9 Å². The number of aliphatic hydroxyl groups excluding tert-OH is 1. The molecule has 2 aromatic carbocycles. The van der Waals surface area contributed by atoms with E-state index in [1.54, 1.807) is 60.4 Å². The fourth-order valence-corrected chi connectivity index (χ4v) is 7.39. The van der Waals surface area contributed by atoms with E-state index in [4.69, 9.17) is 9.47 Å². The van der Waals surface area contributed by atoms with Crippen LogP contribution in [-0.2, 0) is 14.8 Å². The zero-order valence-corrected chi connectivity index (χ0v) is 29.0. The van der Waals surface area contributed by atoms with Gasteiger partial charge in [0.2, 0.25) is 10.0 Å². The average Bonchev–Trinajstić information content (AvgIpc) is 3.06. The number of carbonyl (C=O) groups excluding carboxylic acids is 2. The maximum Gasteiger partial charge on any atom is 0.319 e. The van der Waals surface area contributed by atoms with Crippen molar-refractivity contribution in [1.29, 1.82) is 0 Å². The number of urea groups is 1. The number of ether oxygens (including phenoxy) is 2. The Morgan fingerprint density at radius 2 is 1.74 bits per heavy atom. The Kier molecular flexibility index (Phi) is 13.5. The van der Waals surface area contributed by atoms with E-state index in [2.05, 4.69) is 10.6 Å². The van der Waals surface area contributed by atoms with Crippen molar-refractivity contribution in [3.63, 3.8) is 0 Å². The molecule has 1 fully saturated rings. The quantitative estimate of drug-likeness (QED) is 0.348. The Balaban J connectivity index is 1.60. The average molecular weight is 673 g/mol. The van der Waals surface area contributed by atoms with Gasteiger partial charge in [0.25, 0.3) is 5.91 Å². The van der Waals surface area contributed by atoms with Gasteiger partial charge >= 0.3 is 6.03 Å². The molecule has 1 heterocycles. The summed E-state index contributed by atoms with van der Waals surface area (Å²) in [6.45, 7) is 6.08. The number of hydrogen-bond donors (Lipinski definition) is 3. The summed E-state index contributed by atoms with van der Waals surface area (Å²) in [6, 6.07) is 12.6. The second-order valence-electron chi connectivity index (χ2n) is 13.0. The summed E-state index contributed by atoms with van der Waals surface area (Å²) in [5, 5.41) is 16.2. The van der Waals surface area contributed by atoms with Gasteiger partial charge in [0, 0.05) is 44.4 Å². The van der Waals surface area contributed by atoms with Gasteiger partial charge in [0.1, 0.15) is 5.75 Å². The molecule has 12 heteroatoms. The van der Waals surface area contributed by atoms with E-state index in [1.165, 1.54) is 17.8 Å². The predicted octanol–water partition coefficient (Wildman–Crippen LogP) is 5.26. The number of anilines is 1. The number of nitrogens with one attached hydrogen (secondary N) is 2. The monoisotopic (exact) mass is 672 g/mol. The molecule has 0 bridgehead atoms. The number of nitrogens with zero attached hydrogens (tertiary/aromatic N) is 2. The smallest absolute Gasteiger partial charge is 0.319 e. The number of likely N-dealkylation sites (N-methyl/N-ethyl adjacent to an activating group) is 1. The molecule has 1 aliphatic heterocycles. The fourth-order valence-electron chi connectivity index (χ4n) is 6.19. The van der Waals surface area contributed by atoms with Crippen molar-refractivity contribution in [3.8, 4) is 5.75 Å². The summed E-state index contributed by atoms with van der Waals surface area (Å²) >= 11 is 0. The zero-order valence-electron chi connectivity index (χ0n) is 28.2. The van der Waals surface area contributed by atoms with Crippen LogP contribution in [-0.4, -0.2) is 92.3 Å². The lowest BCUT2D eigenvalue weighted by Gasteiger charge is -2.35. The van der Waals surface area contributed by atoms with Crippen molar-refractivity contribution in [2.24, 2.45) is 5.92 Å². The number of aliphatic hydroxyl groups is 1. The molecule has 3 amide bonds. The summed E-state index contributed by atoms with van der Waals surface area (Å²) in [5.41, 5.74) is 0.736. The summed E-state index contributed by atoms with van der Waals surface area (Å²) in [6.07, 6.45) is 6.85. The van der Waals surface area contributed by atoms with Crippen molar-refractivity contribution in [1.82, 2.24) is 14.5 Å². The first-order chi connectivity index (χ1) is 22.5. The summed E-state index contributed by atoms with van der Waals surface area (Å²) < 4.78 is 40.6. The van der Waals surface area contributed by atoms with Gasteiger partial charge in [0.15, 0.2) is 0 Å². The molecular weight excluding hydrogens is 620 g/mol. The van der Waals surface area contributed by atoms with Crippen LogP contribution in [0.1, 0.15) is 82.5 Å². The minimum Gasteiger partial charge on any atom is -0.490 e. The maximum atomic E-state index is 14.3. The van der Waals surface area contributed by atoms with Crippen LogP contribution in [0.15, 0.2) is 53.4 Å². The molecule has 0 aromatic heterocycles. The Hall–Kier alpha value is -3.19. The Morgan fingerprint density at radius 3 is 2.45 bits per heavy atom. The van der Waals surface area contributed by atoms with Crippen molar-refractivity contribution in [2.45, 2.75) is 101 Å². The van der Waals surface area contributed by atoms with Crippen LogP contribution in [0.3, 0.4) is 0 Å². The van der Waals surface area contributed by atoms with Crippen LogP contribution in [0.25, 0.3) is 0 Å². The lowest BCUT2D eigenvalue weighted by molar-refractivity contribution is -0.00833. The van der Waals surface area contributed by atoms with Crippen molar-refractivity contribution < 1.29 is 32.6 Å². The first-order valence-corrected chi connectivity index (χ1v) is 18.4. The molecule has 1 saturated carbocycles. The van der Waals surface area contributed by atoms with E-state index in [-0.39, 0.29) is 60.2 Å². The molecule has 0 saturated heterocycles. The first kappa shape index (κ1) is 36.6. The van der Waals surface area contributed by atoms with Gasteiger partial charge in [-0.25, -0.2) is 13.2 Å². The summed E-state index contributed by atoms with van der Waals surface area (Å²) in [5.74, 6) is -0.254. The predicted molar refractivity (Wildman–Crippen MR) is 182 cm³/mol. The third-order valence-electron chi connectivity index (χ3n) is 9.14. The zero-order chi connectivity index (χ0) is 34.0. The molecule has 260 valence electrons. The number of rotatable bonds is 8. The summed E-state index contributed by atoms with van der Waals surface area (Å²) in [7, 11) is -2.22. The van der Waals surface area contributed by atoms with E-state index in [1.807, 2.05) is 13.8 Å². The number of sulfonamides is 1. The largest absolute Gasteiger partial charge is 0.490 e. The van der Waals surface area contributed by atoms with Crippen LogP contribution < -0.4 is 15.4 Å². The van der Waals surface area contributed by atoms with Gasteiger partial charge in [-0.2, -0.15) is 4.31 Å². The number of benzene rings is 2. The van der Waals surface area contributed by atoms with E-state index >= 15 is 0 Å². The van der Waals surface area contributed by atoms with Crippen LogP contribution in [0.2, 0.25) is 0 Å². The molecule has 2 aliphatic rings. The van der Waals surface area contributed by atoms with Crippen molar-refractivity contribution in [2.75, 3.05) is 38.7 Å². The van der Waals surface area contributed by atoms with Gasteiger partial charge < -0.3 is 30.1 Å². The fraction of sp³-hybridized carbons (Fsp3) is 0.600. The SMILES string of the molecule is C[C@@H]1CCCCO[C@H](CN(C)S(=O)(=O)c2ccccc2)[C@H](C)CN([C@@H](C)CO)C(=O)c2cc(NC(=O)NC3CCCCC3)ccc2O1. The molecule has 11 nitrogen and oxygen atoms in total. The van der Waals surface area contributed by atoms with Gasteiger partial charge in [-0.3, -0.25) is 4.79 Å². The van der Waals surface area contributed by atoms with E-state index in [9.17, 15) is 23.1 Å². The number of hydrogen-bond acceptors (Lipinski definition) is 7. The topological polar surface area (TPSA) is 138 Å². The lowest BCUT2D eigenvalue weighted by Crippen LogP contribution is -2.48. The third kappa shape index (κ3) is 10.2. The second-order valence-corrected chi connectivity index (χ2v) is 15.1. The van der Waals surface area contributed by atoms with Crippen LogP contribution >= 0.6 is 0 Å². The Morgan fingerprint density at radius 1 is 1.04 bits per heavy atom. The van der Waals surface area contributed by atoms with Crippen LogP contribution in [0, 0.1) is 5.92 Å². The minimum atomic E-state index is -3.76. The molecule has 2 aromatic rings. The van der Waals surface area contributed by atoms with Crippen LogP contribution in [0.5, 0.6) is 5.75 Å². The van der Waals surface area contributed by atoms with Gasteiger partial charge in [0.05, 0.1) is 35.3 Å². The first-order valence-electron chi connectivity index (χ1n) is 16.9. The Labute approximate surface area is 280 Å². The molecule has 4 atom stereocenters. The molecule has 0 spiro atoms. The highest BCUT2D eigenvalue weighted by Crippen LogP contribution is 2.29. The molecule has 1 aliphatic carbocycles. The third-order valence-corrected chi connectivity index (χ3v) is 11.0. The van der Waals surface area contributed by atoms with Crippen molar-refractivity contribution in [3.05, 3.63) is 54.1 Å². The van der Waals surface area contributed by atoms with Gasteiger partial charge in [-0.1, -0.05) is 44.4 Å². The standard InChI is InChI=1S/C35H52N4O7S/c1-25-22-39(26(2)24-40)34(41)31-21-29(37-35(42)36-28-14-7-5-8-15-28)18-19-32(31)46-27(3)13-11-12-20-45-33(25)23-38(4)47(43,44)30-16-9-6-10-17-30/h6,9-10,16-19,21,25-28,33,40H,5,7-8,11-15,20,22-24H2,1-4H3,(H2,36,37,42)/t25-,26+,27-,33-/m1/s1. The van der Waals surface area contributed by atoms with Gasteiger partial charge in [-0.15, -0.1) is 0 Å². The highest BCUT2D eigenvalue weighted by atomic mass is 32.2. The van der Waals surface area contributed by atoms with Crippen LogP contribution in [0.4, 0.5) is 10.5 Å². The lowest BCUT2D eigenvalue weighted by atomic mass is 9.96. The molecule has 47 heavy (non-hydrogen) atoms. The summed E-state index contributed by atoms with van der Waals surface area (Å²) in [4.78, 5) is 29.0. The molecule has 0 radical (unpaired) electrons. The number of fused-ring (bicyclic) bond motifs is 1. The van der Waals surface area contributed by atoms with E-state index < -0.39 is 22.2 Å². The van der Waals surface area contributed by atoms with Crippen molar-refractivity contribution >= 4 is 27.6 Å². The number of carbonyl (C=O) groups is 2.